The summed E-state index contributed by atoms with van der Waals surface area (Å²) in [6.07, 6.45) is 1.23. The van der Waals surface area contributed by atoms with Gasteiger partial charge in [-0.25, -0.2) is 0 Å². The van der Waals surface area contributed by atoms with Crippen LogP contribution in [0.25, 0.3) is 0 Å². The van der Waals surface area contributed by atoms with E-state index in [4.69, 9.17) is 10.00 Å². The predicted molar refractivity (Wildman–Crippen MR) is 65.4 cm³/mol. The quantitative estimate of drug-likeness (QED) is 0.732. The molecule has 3 nitrogen and oxygen atoms in total. The lowest BCUT2D eigenvalue weighted by atomic mass is 9.97. The van der Waals surface area contributed by atoms with Crippen molar-refractivity contribution in [3.05, 3.63) is 35.4 Å². The predicted octanol–water partition coefficient (Wildman–Crippen LogP) is 3.01. The number of nitriles is 1. The van der Waals surface area contributed by atoms with Crippen LogP contribution in [0.3, 0.4) is 0 Å². The molecule has 1 unspecified atom stereocenters. The Morgan fingerprint density at radius 3 is 2.59 bits per heavy atom. The van der Waals surface area contributed by atoms with Gasteiger partial charge in [-0.3, -0.25) is 4.79 Å². The second kappa shape index (κ2) is 6.70. The average Bonchev–Trinajstić information content (AvgIpc) is 2.36. The first-order valence-electron chi connectivity index (χ1n) is 5.83. The molecular formula is C14H17NO2. The fraction of sp³-hybridized carbons (Fsp3) is 0.429. The summed E-state index contributed by atoms with van der Waals surface area (Å²) in [5.41, 5.74) is 1.69. The summed E-state index contributed by atoms with van der Waals surface area (Å²) in [4.78, 5) is 11.4. The maximum atomic E-state index is 11.4. The van der Waals surface area contributed by atoms with Gasteiger partial charge in [-0.2, -0.15) is 5.26 Å². The Hall–Kier alpha value is -1.82. The van der Waals surface area contributed by atoms with Crippen molar-refractivity contribution < 1.29 is 9.53 Å². The first-order valence-corrected chi connectivity index (χ1v) is 5.83. The number of nitrogens with zero attached hydrogens (tertiary/aromatic N) is 1. The van der Waals surface area contributed by atoms with Crippen LogP contribution in [0.1, 0.15) is 43.7 Å². The smallest absolute Gasteiger partial charge is 0.306 e. The van der Waals surface area contributed by atoms with Crippen molar-refractivity contribution in [1.82, 2.24) is 0 Å². The van der Waals surface area contributed by atoms with Gasteiger partial charge in [0.1, 0.15) is 0 Å². The van der Waals surface area contributed by atoms with E-state index in [1.807, 2.05) is 26.0 Å². The monoisotopic (exact) mass is 231 g/mol. The summed E-state index contributed by atoms with van der Waals surface area (Å²) >= 11 is 0. The summed E-state index contributed by atoms with van der Waals surface area (Å²) in [5, 5.41) is 8.69. The molecule has 0 aliphatic rings. The Balaban J connectivity index is 2.54. The van der Waals surface area contributed by atoms with Crippen LogP contribution in [0.2, 0.25) is 0 Å². The Bertz CT molecular complexity index is 403. The van der Waals surface area contributed by atoms with Gasteiger partial charge < -0.3 is 4.74 Å². The Morgan fingerprint density at radius 2 is 2.06 bits per heavy atom. The van der Waals surface area contributed by atoms with E-state index in [-0.39, 0.29) is 11.9 Å². The normalized spacial score (nSPS) is 11.6. The van der Waals surface area contributed by atoms with Crippen LogP contribution in [0.15, 0.2) is 24.3 Å². The van der Waals surface area contributed by atoms with Crippen molar-refractivity contribution in [2.45, 2.75) is 32.6 Å². The molecule has 0 heterocycles. The van der Waals surface area contributed by atoms with Gasteiger partial charge >= 0.3 is 5.97 Å². The minimum absolute atomic E-state index is 0.118. The molecule has 1 aromatic carbocycles. The maximum Gasteiger partial charge on any atom is 0.306 e. The third-order valence-electron chi connectivity index (χ3n) is 2.55. The van der Waals surface area contributed by atoms with Crippen LogP contribution in [0.5, 0.6) is 0 Å². The molecule has 0 saturated carbocycles. The van der Waals surface area contributed by atoms with Gasteiger partial charge in [-0.15, -0.1) is 0 Å². The number of esters is 1. The minimum Gasteiger partial charge on any atom is -0.466 e. The molecule has 0 aromatic heterocycles. The molecule has 17 heavy (non-hydrogen) atoms. The van der Waals surface area contributed by atoms with Crippen LogP contribution in [-0.2, 0) is 9.53 Å². The number of hydrogen-bond acceptors (Lipinski definition) is 3. The fourth-order valence-corrected chi connectivity index (χ4v) is 1.53. The topological polar surface area (TPSA) is 50.1 Å². The van der Waals surface area contributed by atoms with E-state index in [2.05, 4.69) is 6.07 Å². The number of ether oxygens (including phenoxy) is 1. The van der Waals surface area contributed by atoms with Crippen molar-refractivity contribution in [3.63, 3.8) is 0 Å². The lowest BCUT2D eigenvalue weighted by Gasteiger charge is -2.11. The van der Waals surface area contributed by atoms with Crippen LogP contribution < -0.4 is 0 Å². The number of carbonyl (C=O) groups excluding carboxylic acids is 1. The first kappa shape index (κ1) is 13.2. The van der Waals surface area contributed by atoms with Crippen molar-refractivity contribution >= 4 is 5.97 Å². The van der Waals surface area contributed by atoms with Crippen LogP contribution in [-0.4, -0.2) is 12.6 Å². The van der Waals surface area contributed by atoms with Crippen molar-refractivity contribution in [2.24, 2.45) is 0 Å². The number of hydrogen-bond donors (Lipinski definition) is 0. The molecule has 0 amide bonds. The summed E-state index contributed by atoms with van der Waals surface area (Å²) < 4.78 is 5.04. The average molecular weight is 231 g/mol. The summed E-state index contributed by atoms with van der Waals surface area (Å²) in [5.74, 6) is -0.0455. The van der Waals surface area contributed by atoms with Gasteiger partial charge in [-0.1, -0.05) is 26.0 Å². The van der Waals surface area contributed by atoms with E-state index >= 15 is 0 Å². The minimum atomic E-state index is -0.163. The number of benzene rings is 1. The molecule has 1 rings (SSSR count). The van der Waals surface area contributed by atoms with E-state index in [1.165, 1.54) is 0 Å². The van der Waals surface area contributed by atoms with E-state index in [9.17, 15) is 4.79 Å². The molecule has 3 heteroatoms. The van der Waals surface area contributed by atoms with Gasteiger partial charge in [0.25, 0.3) is 0 Å². The van der Waals surface area contributed by atoms with Gasteiger partial charge in [0, 0.05) is 0 Å². The summed E-state index contributed by atoms with van der Waals surface area (Å²) in [6, 6.07) is 9.37. The molecule has 0 radical (unpaired) electrons. The number of carbonyl (C=O) groups is 1. The van der Waals surface area contributed by atoms with Crippen LogP contribution >= 0.6 is 0 Å². The van der Waals surface area contributed by atoms with Gasteiger partial charge in [0.2, 0.25) is 0 Å². The molecular weight excluding hydrogens is 214 g/mol. The molecule has 0 aliphatic heterocycles. The largest absolute Gasteiger partial charge is 0.466 e. The molecule has 1 atom stereocenters. The van der Waals surface area contributed by atoms with E-state index in [1.54, 1.807) is 12.1 Å². The van der Waals surface area contributed by atoms with Gasteiger partial charge in [0.05, 0.1) is 24.7 Å². The third-order valence-corrected chi connectivity index (χ3v) is 2.55. The third kappa shape index (κ3) is 4.28. The molecule has 1 aromatic rings. The van der Waals surface area contributed by atoms with Crippen molar-refractivity contribution in [1.29, 1.82) is 5.26 Å². The summed E-state index contributed by atoms with van der Waals surface area (Å²) in [7, 11) is 0. The zero-order valence-corrected chi connectivity index (χ0v) is 10.3. The van der Waals surface area contributed by atoms with Gasteiger partial charge in [-0.05, 0) is 30.0 Å². The van der Waals surface area contributed by atoms with Crippen molar-refractivity contribution in [2.75, 3.05) is 6.61 Å². The Labute approximate surface area is 102 Å². The molecule has 0 aliphatic carbocycles. The highest BCUT2D eigenvalue weighted by molar-refractivity contribution is 5.70. The molecule has 0 fully saturated rings. The lowest BCUT2D eigenvalue weighted by molar-refractivity contribution is -0.144. The van der Waals surface area contributed by atoms with E-state index in [0.29, 0.717) is 18.6 Å². The standard InChI is InChI=1S/C14H17NO2/c1-3-8-17-14(16)9-11(2)13-6-4-12(10-15)5-7-13/h4-7,11H,3,8-9H2,1-2H3. The molecule has 0 N–H and O–H groups in total. The second-order valence-electron chi connectivity index (χ2n) is 4.06. The lowest BCUT2D eigenvalue weighted by Crippen LogP contribution is -2.09. The Morgan fingerprint density at radius 1 is 1.41 bits per heavy atom. The van der Waals surface area contributed by atoms with Crippen LogP contribution in [0, 0.1) is 11.3 Å². The first-order chi connectivity index (χ1) is 8.17. The van der Waals surface area contributed by atoms with E-state index < -0.39 is 0 Å². The van der Waals surface area contributed by atoms with Crippen LogP contribution in [0.4, 0.5) is 0 Å². The fourth-order valence-electron chi connectivity index (χ4n) is 1.53. The second-order valence-corrected chi connectivity index (χ2v) is 4.06. The highest BCUT2D eigenvalue weighted by atomic mass is 16.5. The summed E-state index contributed by atoms with van der Waals surface area (Å²) in [6.45, 7) is 4.44. The van der Waals surface area contributed by atoms with E-state index in [0.717, 1.165) is 12.0 Å². The SMILES string of the molecule is CCCOC(=O)CC(C)c1ccc(C#N)cc1. The Kier molecular flexibility index (Phi) is 5.22. The van der Waals surface area contributed by atoms with Gasteiger partial charge in [0.15, 0.2) is 0 Å². The molecule has 90 valence electrons. The van der Waals surface area contributed by atoms with Crippen molar-refractivity contribution in [3.8, 4) is 6.07 Å². The highest BCUT2D eigenvalue weighted by Gasteiger charge is 2.11. The zero-order chi connectivity index (χ0) is 12.7. The maximum absolute atomic E-state index is 11.4. The number of rotatable bonds is 5. The highest BCUT2D eigenvalue weighted by Crippen LogP contribution is 2.19. The molecule has 0 bridgehead atoms. The molecule has 0 spiro atoms. The zero-order valence-electron chi connectivity index (χ0n) is 10.3. The molecule has 0 saturated heterocycles.